The molecule has 0 radical (unpaired) electrons. The lowest BCUT2D eigenvalue weighted by Gasteiger charge is -2.09. The fourth-order valence-electron chi connectivity index (χ4n) is 2.39. The van der Waals surface area contributed by atoms with Crippen molar-refractivity contribution in [2.75, 3.05) is 5.32 Å². The lowest BCUT2D eigenvalue weighted by Crippen LogP contribution is -2.12. The maximum Gasteiger partial charge on any atom is 0.238 e. The predicted octanol–water partition coefficient (Wildman–Crippen LogP) is 3.01. The van der Waals surface area contributed by atoms with Crippen LogP contribution in [-0.4, -0.2) is 13.4 Å². The van der Waals surface area contributed by atoms with Gasteiger partial charge in [0, 0.05) is 24.6 Å². The molecule has 0 unspecified atom stereocenters. The van der Waals surface area contributed by atoms with Crippen LogP contribution in [0.15, 0.2) is 78.0 Å². The molecule has 2 aromatic carbocycles. The van der Waals surface area contributed by atoms with E-state index in [2.05, 4.69) is 16.4 Å². The van der Waals surface area contributed by atoms with Gasteiger partial charge >= 0.3 is 0 Å². The van der Waals surface area contributed by atoms with E-state index in [1.165, 1.54) is 12.1 Å². The molecule has 0 aliphatic carbocycles. The third-order valence-corrected chi connectivity index (χ3v) is 4.51. The number of anilines is 1. The summed E-state index contributed by atoms with van der Waals surface area (Å²) in [4.78, 5) is 4.12. The van der Waals surface area contributed by atoms with Crippen LogP contribution in [0.1, 0.15) is 5.56 Å². The molecule has 3 rings (SSSR count). The molecular formula is C18H17N3O2S. The summed E-state index contributed by atoms with van der Waals surface area (Å²) in [6.07, 6.45) is 3.53. The average molecular weight is 339 g/mol. The van der Waals surface area contributed by atoms with E-state index in [1.807, 2.05) is 30.3 Å². The summed E-state index contributed by atoms with van der Waals surface area (Å²) in [6.45, 7) is 0.576. The molecule has 0 amide bonds. The minimum Gasteiger partial charge on any atom is -0.381 e. The van der Waals surface area contributed by atoms with Crippen LogP contribution in [0.3, 0.4) is 0 Å². The molecule has 0 fully saturated rings. The fraction of sp³-hybridized carbons (Fsp3) is 0.0556. The van der Waals surface area contributed by atoms with Crippen molar-refractivity contribution in [2.24, 2.45) is 5.14 Å². The number of benzene rings is 2. The highest BCUT2D eigenvalue weighted by atomic mass is 32.2. The molecule has 1 aromatic heterocycles. The van der Waals surface area contributed by atoms with Crippen LogP contribution in [-0.2, 0) is 16.6 Å². The molecule has 122 valence electrons. The Labute approximate surface area is 141 Å². The molecule has 0 saturated carbocycles. The molecule has 0 bridgehead atoms. The Bertz CT molecular complexity index is 941. The number of nitrogens with zero attached hydrogens (tertiary/aromatic N) is 1. The number of hydrogen-bond donors (Lipinski definition) is 2. The monoisotopic (exact) mass is 339 g/mol. The van der Waals surface area contributed by atoms with Crippen molar-refractivity contribution in [1.82, 2.24) is 4.98 Å². The van der Waals surface area contributed by atoms with Crippen LogP contribution in [0.4, 0.5) is 5.69 Å². The summed E-state index contributed by atoms with van der Waals surface area (Å²) in [6, 6.07) is 18.5. The predicted molar refractivity (Wildman–Crippen MR) is 94.8 cm³/mol. The molecule has 5 nitrogen and oxygen atoms in total. The highest BCUT2D eigenvalue weighted by Gasteiger charge is 2.07. The zero-order valence-corrected chi connectivity index (χ0v) is 13.7. The van der Waals surface area contributed by atoms with E-state index < -0.39 is 10.0 Å². The van der Waals surface area contributed by atoms with Crippen molar-refractivity contribution in [3.8, 4) is 11.1 Å². The van der Waals surface area contributed by atoms with E-state index in [4.69, 9.17) is 5.14 Å². The number of rotatable bonds is 5. The van der Waals surface area contributed by atoms with Gasteiger partial charge in [-0.1, -0.05) is 24.3 Å². The SMILES string of the molecule is NS(=O)(=O)c1cccc(NCc2cccc(-c3ccncc3)c2)c1. The quantitative estimate of drug-likeness (QED) is 0.748. The van der Waals surface area contributed by atoms with Crippen molar-refractivity contribution < 1.29 is 8.42 Å². The van der Waals surface area contributed by atoms with Crippen molar-refractivity contribution in [3.63, 3.8) is 0 Å². The number of pyridine rings is 1. The number of nitrogens with two attached hydrogens (primary N) is 1. The lowest BCUT2D eigenvalue weighted by molar-refractivity contribution is 0.598. The van der Waals surface area contributed by atoms with Gasteiger partial charge in [0.25, 0.3) is 0 Å². The molecule has 24 heavy (non-hydrogen) atoms. The summed E-state index contributed by atoms with van der Waals surface area (Å²) < 4.78 is 22.8. The molecule has 1 heterocycles. The first kappa shape index (κ1) is 16.2. The number of sulfonamides is 1. The largest absolute Gasteiger partial charge is 0.381 e. The number of nitrogens with one attached hydrogen (secondary N) is 1. The van der Waals surface area contributed by atoms with E-state index in [1.54, 1.807) is 24.5 Å². The smallest absolute Gasteiger partial charge is 0.238 e. The van der Waals surface area contributed by atoms with Gasteiger partial charge in [-0.3, -0.25) is 4.98 Å². The second kappa shape index (κ2) is 6.82. The van der Waals surface area contributed by atoms with Crippen LogP contribution in [0.25, 0.3) is 11.1 Å². The number of primary sulfonamides is 1. The third-order valence-electron chi connectivity index (χ3n) is 3.60. The molecule has 0 aliphatic heterocycles. The highest BCUT2D eigenvalue weighted by molar-refractivity contribution is 7.89. The average Bonchev–Trinajstić information content (AvgIpc) is 2.61. The summed E-state index contributed by atoms with van der Waals surface area (Å²) in [5.41, 5.74) is 4.00. The van der Waals surface area contributed by atoms with Crippen LogP contribution in [0.5, 0.6) is 0 Å². The molecule has 0 aliphatic rings. The Kier molecular flexibility index (Phi) is 4.59. The van der Waals surface area contributed by atoms with Gasteiger partial charge in [-0.15, -0.1) is 0 Å². The Morgan fingerprint density at radius 2 is 1.67 bits per heavy atom. The normalized spacial score (nSPS) is 11.2. The zero-order valence-electron chi connectivity index (χ0n) is 12.9. The van der Waals surface area contributed by atoms with E-state index in [0.717, 1.165) is 16.7 Å². The van der Waals surface area contributed by atoms with Crippen LogP contribution in [0.2, 0.25) is 0 Å². The molecular weight excluding hydrogens is 322 g/mol. The zero-order chi connectivity index (χ0) is 17.0. The van der Waals surface area contributed by atoms with E-state index in [9.17, 15) is 8.42 Å². The Morgan fingerprint density at radius 1 is 0.917 bits per heavy atom. The summed E-state index contributed by atoms with van der Waals surface area (Å²) >= 11 is 0. The van der Waals surface area contributed by atoms with Gasteiger partial charge in [0.15, 0.2) is 0 Å². The van der Waals surface area contributed by atoms with Crippen molar-refractivity contribution in [1.29, 1.82) is 0 Å². The van der Waals surface area contributed by atoms with Crippen molar-refractivity contribution >= 4 is 15.7 Å². The van der Waals surface area contributed by atoms with Crippen molar-refractivity contribution in [3.05, 3.63) is 78.6 Å². The van der Waals surface area contributed by atoms with E-state index in [0.29, 0.717) is 12.2 Å². The lowest BCUT2D eigenvalue weighted by atomic mass is 10.0. The first-order valence-corrected chi connectivity index (χ1v) is 8.93. The van der Waals surface area contributed by atoms with Crippen LogP contribution >= 0.6 is 0 Å². The summed E-state index contributed by atoms with van der Waals surface area (Å²) in [5, 5.41) is 8.38. The minimum absolute atomic E-state index is 0.0954. The first-order chi connectivity index (χ1) is 11.5. The van der Waals surface area contributed by atoms with E-state index >= 15 is 0 Å². The summed E-state index contributed by atoms with van der Waals surface area (Å²) in [5.74, 6) is 0. The Morgan fingerprint density at radius 3 is 2.42 bits per heavy atom. The topological polar surface area (TPSA) is 85.1 Å². The molecule has 3 aromatic rings. The molecule has 0 atom stereocenters. The molecule has 0 saturated heterocycles. The Hall–Kier alpha value is -2.70. The van der Waals surface area contributed by atoms with Crippen molar-refractivity contribution in [2.45, 2.75) is 11.4 Å². The van der Waals surface area contributed by atoms with Gasteiger partial charge in [-0.25, -0.2) is 13.6 Å². The van der Waals surface area contributed by atoms with Crippen LogP contribution < -0.4 is 10.5 Å². The van der Waals surface area contributed by atoms with E-state index in [-0.39, 0.29) is 4.90 Å². The molecule has 0 spiro atoms. The van der Waals surface area contributed by atoms with Gasteiger partial charge in [0.05, 0.1) is 4.90 Å². The maximum absolute atomic E-state index is 11.4. The van der Waals surface area contributed by atoms with Gasteiger partial charge in [-0.2, -0.15) is 0 Å². The fourth-order valence-corrected chi connectivity index (χ4v) is 2.95. The molecule has 3 N–H and O–H groups in total. The summed E-state index contributed by atoms with van der Waals surface area (Å²) in [7, 11) is -3.70. The van der Waals surface area contributed by atoms with Gasteiger partial charge in [0.1, 0.15) is 0 Å². The second-order valence-electron chi connectivity index (χ2n) is 5.36. The van der Waals surface area contributed by atoms with Gasteiger partial charge < -0.3 is 5.32 Å². The highest BCUT2D eigenvalue weighted by Crippen LogP contribution is 2.20. The maximum atomic E-state index is 11.4. The second-order valence-corrected chi connectivity index (χ2v) is 6.92. The van der Waals surface area contributed by atoms with Gasteiger partial charge in [-0.05, 0) is 53.1 Å². The van der Waals surface area contributed by atoms with Gasteiger partial charge in [0.2, 0.25) is 10.0 Å². The molecule has 6 heteroatoms. The number of hydrogen-bond acceptors (Lipinski definition) is 4. The first-order valence-electron chi connectivity index (χ1n) is 7.38. The minimum atomic E-state index is -3.70. The standard InChI is InChI=1S/C18H17N3O2S/c19-24(22,23)18-6-2-5-17(12-18)21-13-14-3-1-4-16(11-14)15-7-9-20-10-8-15/h1-12,21H,13H2,(H2,19,22,23). The Balaban J connectivity index is 1.76. The van der Waals surface area contributed by atoms with Crippen LogP contribution in [0, 0.1) is 0 Å². The third kappa shape index (κ3) is 3.98. The number of aromatic nitrogens is 1.